The molecule has 1 saturated heterocycles. The van der Waals surface area contributed by atoms with E-state index in [1.807, 2.05) is 37.2 Å². The highest BCUT2D eigenvalue weighted by molar-refractivity contribution is 9.10. The van der Waals surface area contributed by atoms with Gasteiger partial charge < -0.3 is 4.90 Å². The van der Waals surface area contributed by atoms with Crippen LogP contribution in [0.4, 0.5) is 15.8 Å². The smallest absolute Gasteiger partial charge is 0.270 e. The van der Waals surface area contributed by atoms with Crippen molar-refractivity contribution in [2.75, 3.05) is 23.9 Å². The molecule has 0 unspecified atom stereocenters. The Morgan fingerprint density at radius 1 is 1.24 bits per heavy atom. The number of hydrogen-bond donors (Lipinski definition) is 0. The van der Waals surface area contributed by atoms with Crippen molar-refractivity contribution in [3.63, 3.8) is 0 Å². The highest BCUT2D eigenvalue weighted by Crippen LogP contribution is 2.37. The Kier molecular flexibility index (Phi) is 5.27. The topological polar surface area (TPSA) is 23.6 Å². The van der Waals surface area contributed by atoms with E-state index in [-0.39, 0.29) is 5.91 Å². The van der Waals surface area contributed by atoms with Gasteiger partial charge in [0.25, 0.3) is 5.91 Å². The van der Waals surface area contributed by atoms with Gasteiger partial charge in [0.2, 0.25) is 0 Å². The average molecular weight is 437 g/mol. The van der Waals surface area contributed by atoms with Gasteiger partial charge in [-0.3, -0.25) is 9.69 Å². The first-order valence-electron chi connectivity index (χ1n) is 7.37. The maximum Gasteiger partial charge on any atom is 0.270 e. The van der Waals surface area contributed by atoms with Gasteiger partial charge >= 0.3 is 0 Å². The van der Waals surface area contributed by atoms with Crippen molar-refractivity contribution in [3.8, 4) is 0 Å². The summed E-state index contributed by atoms with van der Waals surface area (Å²) < 4.78 is 14.8. The third-order valence-corrected chi connectivity index (χ3v) is 5.55. The van der Waals surface area contributed by atoms with Gasteiger partial charge in [0.05, 0.1) is 16.3 Å². The molecule has 2 aromatic carbocycles. The Bertz CT molecular complexity index is 898. The second kappa shape index (κ2) is 7.27. The second-order valence-electron chi connectivity index (χ2n) is 5.60. The second-order valence-corrected chi connectivity index (χ2v) is 8.13. The number of halogens is 2. The number of anilines is 2. The van der Waals surface area contributed by atoms with Crippen molar-refractivity contribution < 1.29 is 9.18 Å². The van der Waals surface area contributed by atoms with E-state index in [9.17, 15) is 9.18 Å². The van der Waals surface area contributed by atoms with Crippen LogP contribution < -0.4 is 9.80 Å². The molecule has 0 saturated carbocycles. The van der Waals surface area contributed by atoms with Crippen molar-refractivity contribution in [1.29, 1.82) is 0 Å². The fraction of sp³-hybridized carbons (Fsp3) is 0.111. The van der Waals surface area contributed by atoms with E-state index in [0.29, 0.717) is 14.9 Å². The molecule has 7 heteroatoms. The van der Waals surface area contributed by atoms with Crippen LogP contribution in [0.1, 0.15) is 5.56 Å². The quantitative estimate of drug-likeness (QED) is 0.495. The number of thiocarbonyl (C=S) groups is 1. The van der Waals surface area contributed by atoms with E-state index in [0.717, 1.165) is 15.7 Å². The molecule has 0 atom stereocenters. The van der Waals surface area contributed by atoms with E-state index < -0.39 is 5.82 Å². The van der Waals surface area contributed by atoms with Crippen molar-refractivity contribution in [2.24, 2.45) is 0 Å². The first-order chi connectivity index (χ1) is 11.9. The zero-order chi connectivity index (χ0) is 18.1. The van der Waals surface area contributed by atoms with Crippen LogP contribution in [0.15, 0.2) is 51.8 Å². The Balaban J connectivity index is 1.92. The third kappa shape index (κ3) is 3.78. The highest BCUT2D eigenvalue weighted by Gasteiger charge is 2.33. The molecule has 0 aliphatic carbocycles. The fourth-order valence-corrected chi connectivity index (χ4v) is 4.48. The molecule has 0 radical (unpaired) electrons. The summed E-state index contributed by atoms with van der Waals surface area (Å²) in [6.07, 6.45) is 1.79. The standard InChI is InChI=1S/C18H14BrFN2OS2/c1-21(2)15-7-6-11(8-14(15)19)9-16-17(23)22(18(24)25-16)13-5-3-4-12(20)10-13/h3-10H,1-2H3/b16-9+. The van der Waals surface area contributed by atoms with Crippen molar-refractivity contribution in [3.05, 3.63) is 63.2 Å². The van der Waals surface area contributed by atoms with Gasteiger partial charge in [0, 0.05) is 18.6 Å². The summed E-state index contributed by atoms with van der Waals surface area (Å²) in [7, 11) is 3.92. The normalized spacial score (nSPS) is 16.0. The fourth-order valence-electron chi connectivity index (χ4n) is 2.43. The minimum atomic E-state index is -0.404. The Morgan fingerprint density at radius 2 is 2.00 bits per heavy atom. The van der Waals surface area contributed by atoms with E-state index in [2.05, 4.69) is 15.9 Å². The van der Waals surface area contributed by atoms with Crippen LogP contribution >= 0.6 is 39.9 Å². The van der Waals surface area contributed by atoms with Gasteiger partial charge in [-0.2, -0.15) is 0 Å². The molecular formula is C18H14BrFN2OS2. The molecule has 1 aliphatic rings. The van der Waals surface area contributed by atoms with Crippen molar-refractivity contribution in [2.45, 2.75) is 0 Å². The van der Waals surface area contributed by atoms with E-state index >= 15 is 0 Å². The summed E-state index contributed by atoms with van der Waals surface area (Å²) in [4.78, 5) is 16.6. The van der Waals surface area contributed by atoms with E-state index in [1.165, 1.54) is 28.8 Å². The van der Waals surface area contributed by atoms with Gasteiger partial charge in [0.1, 0.15) is 5.82 Å². The van der Waals surface area contributed by atoms with Gasteiger partial charge in [-0.25, -0.2) is 4.39 Å². The summed E-state index contributed by atoms with van der Waals surface area (Å²) in [6, 6.07) is 11.7. The lowest BCUT2D eigenvalue weighted by atomic mass is 10.2. The molecule has 0 bridgehead atoms. The van der Waals surface area contributed by atoms with Gasteiger partial charge in [-0.15, -0.1) is 0 Å². The molecule has 0 spiro atoms. The van der Waals surface area contributed by atoms with E-state index in [1.54, 1.807) is 18.2 Å². The lowest BCUT2D eigenvalue weighted by Crippen LogP contribution is -2.27. The number of rotatable bonds is 3. The lowest BCUT2D eigenvalue weighted by Gasteiger charge is -2.15. The molecule has 25 heavy (non-hydrogen) atoms. The maximum atomic E-state index is 13.5. The Labute approximate surface area is 163 Å². The molecule has 3 nitrogen and oxygen atoms in total. The van der Waals surface area contributed by atoms with Gasteiger partial charge in [-0.1, -0.05) is 36.1 Å². The molecule has 2 aromatic rings. The molecule has 1 aliphatic heterocycles. The Hall–Kier alpha value is -1.70. The largest absolute Gasteiger partial charge is 0.377 e. The van der Waals surface area contributed by atoms with Crippen LogP contribution in [0.2, 0.25) is 0 Å². The molecule has 128 valence electrons. The molecule has 0 N–H and O–H groups in total. The zero-order valence-electron chi connectivity index (χ0n) is 13.5. The lowest BCUT2D eigenvalue weighted by molar-refractivity contribution is -0.113. The number of carbonyl (C=O) groups is 1. The summed E-state index contributed by atoms with van der Waals surface area (Å²) >= 11 is 10.1. The first kappa shape index (κ1) is 18.1. The SMILES string of the molecule is CN(C)c1ccc(/C=C2/SC(=S)N(c3cccc(F)c3)C2=O)cc1Br. The number of benzene rings is 2. The predicted molar refractivity (Wildman–Crippen MR) is 111 cm³/mol. The summed E-state index contributed by atoms with van der Waals surface area (Å²) in [6.45, 7) is 0. The molecule has 1 fully saturated rings. The molecule has 1 heterocycles. The van der Waals surface area contributed by atoms with Gasteiger partial charge in [-0.05, 0) is 57.9 Å². The third-order valence-electron chi connectivity index (χ3n) is 3.61. The minimum Gasteiger partial charge on any atom is -0.377 e. The number of hydrogen-bond acceptors (Lipinski definition) is 4. The maximum absolute atomic E-state index is 13.5. The van der Waals surface area contributed by atoms with Crippen LogP contribution in [0.25, 0.3) is 6.08 Å². The first-order valence-corrected chi connectivity index (χ1v) is 9.39. The summed E-state index contributed by atoms with van der Waals surface area (Å²) in [5.74, 6) is -0.646. The molecule has 1 amide bonds. The summed E-state index contributed by atoms with van der Waals surface area (Å²) in [5.41, 5.74) is 2.37. The zero-order valence-corrected chi connectivity index (χ0v) is 16.7. The number of carbonyl (C=O) groups excluding carboxylic acids is 1. The highest BCUT2D eigenvalue weighted by atomic mass is 79.9. The van der Waals surface area contributed by atoms with Gasteiger partial charge in [0.15, 0.2) is 4.32 Å². The minimum absolute atomic E-state index is 0.242. The molecular weight excluding hydrogens is 423 g/mol. The number of nitrogens with zero attached hydrogens (tertiary/aromatic N) is 2. The van der Waals surface area contributed by atoms with Crippen LogP contribution in [0.5, 0.6) is 0 Å². The molecule has 3 rings (SSSR count). The van der Waals surface area contributed by atoms with E-state index in [4.69, 9.17) is 12.2 Å². The van der Waals surface area contributed by atoms with Crippen LogP contribution in [-0.2, 0) is 4.79 Å². The van der Waals surface area contributed by atoms with Crippen LogP contribution in [0, 0.1) is 5.82 Å². The monoisotopic (exact) mass is 436 g/mol. The number of thioether (sulfide) groups is 1. The molecule has 0 aromatic heterocycles. The van der Waals surface area contributed by atoms with Crippen molar-refractivity contribution >= 4 is 67.6 Å². The number of amides is 1. The summed E-state index contributed by atoms with van der Waals surface area (Å²) in [5, 5.41) is 0. The predicted octanol–water partition coefficient (Wildman–Crippen LogP) is 5.06. The van der Waals surface area contributed by atoms with Crippen molar-refractivity contribution in [1.82, 2.24) is 0 Å². The average Bonchev–Trinajstić information content (AvgIpc) is 2.81. The van der Waals surface area contributed by atoms with Crippen LogP contribution in [-0.4, -0.2) is 24.3 Å². The van der Waals surface area contributed by atoms with Crippen LogP contribution in [0.3, 0.4) is 0 Å². The Morgan fingerprint density at radius 3 is 2.64 bits per heavy atom.